The van der Waals surface area contributed by atoms with Crippen LogP contribution in [0.15, 0.2) is 11.6 Å². The van der Waals surface area contributed by atoms with Gasteiger partial charge in [0.1, 0.15) is 6.10 Å². The number of halogens is 1. The fourth-order valence-electron chi connectivity index (χ4n) is 9.97. The summed E-state index contributed by atoms with van der Waals surface area (Å²) in [6, 6.07) is 0. The van der Waals surface area contributed by atoms with Gasteiger partial charge >= 0.3 is 6.09 Å². The summed E-state index contributed by atoms with van der Waals surface area (Å²) in [6.45, 7) is 16.5. The first-order chi connectivity index (χ1) is 18.0. The van der Waals surface area contributed by atoms with E-state index >= 15 is 0 Å². The monoisotopic (exact) mass is 564 g/mol. The molecule has 4 aliphatic carbocycles. The van der Waals surface area contributed by atoms with Gasteiger partial charge in [0.05, 0.1) is 0 Å². The zero-order valence-electron chi connectivity index (χ0n) is 26.6. The highest BCUT2D eigenvalue weighted by molar-refractivity contribution is 5.85. The number of rotatable bonds is 10. The Hall–Kier alpha value is -0.740. The molecule has 5 heteroatoms. The van der Waals surface area contributed by atoms with E-state index in [1.807, 2.05) is 14.1 Å². The Morgan fingerprint density at radius 3 is 2.49 bits per heavy atom. The van der Waals surface area contributed by atoms with E-state index in [4.69, 9.17) is 4.74 Å². The number of alkyl carbamates (subject to hydrolysis) is 1. The molecular formula is C34H61ClN2O2. The SMILES string of the molecule is CC[C@H](CC[C@@H](C)[C@H]1CC[C@H]2[C@@H]3CC=C4C[C@@H](OC(=O)NCCN(C)C)CC[C@]4(C)[C@H]3CC[C@]12C)C(C)C.Cl. The van der Waals surface area contributed by atoms with Gasteiger partial charge in [-0.2, -0.15) is 0 Å². The fraction of sp³-hybridized carbons (Fsp3) is 0.912. The average Bonchev–Trinajstić information content (AvgIpc) is 3.21. The lowest BCUT2D eigenvalue weighted by atomic mass is 9.47. The molecule has 4 nitrogen and oxygen atoms in total. The number of carbonyl (C=O) groups excluding carboxylic acids is 1. The molecular weight excluding hydrogens is 504 g/mol. The van der Waals surface area contributed by atoms with Crippen LogP contribution in [-0.2, 0) is 4.74 Å². The van der Waals surface area contributed by atoms with Gasteiger partial charge in [-0.1, -0.05) is 66.0 Å². The van der Waals surface area contributed by atoms with E-state index in [-0.39, 0.29) is 24.6 Å². The van der Waals surface area contributed by atoms with Crippen LogP contribution in [0, 0.1) is 52.3 Å². The zero-order chi connectivity index (χ0) is 27.7. The van der Waals surface area contributed by atoms with Crippen LogP contribution in [0.3, 0.4) is 0 Å². The second-order valence-corrected chi connectivity index (χ2v) is 15.0. The maximum absolute atomic E-state index is 12.4. The molecule has 0 heterocycles. The molecule has 39 heavy (non-hydrogen) atoms. The molecule has 1 amide bonds. The zero-order valence-corrected chi connectivity index (χ0v) is 27.4. The Kier molecular flexibility index (Phi) is 11.3. The summed E-state index contributed by atoms with van der Waals surface area (Å²) >= 11 is 0. The van der Waals surface area contributed by atoms with Crippen molar-refractivity contribution in [1.29, 1.82) is 0 Å². The third-order valence-electron chi connectivity index (χ3n) is 12.4. The van der Waals surface area contributed by atoms with Gasteiger partial charge in [0.15, 0.2) is 0 Å². The quantitative estimate of drug-likeness (QED) is 0.270. The van der Waals surface area contributed by atoms with Crippen LogP contribution in [0.5, 0.6) is 0 Å². The van der Waals surface area contributed by atoms with Gasteiger partial charge in [-0.3, -0.25) is 0 Å². The van der Waals surface area contributed by atoms with Crippen LogP contribution in [0.4, 0.5) is 4.79 Å². The van der Waals surface area contributed by atoms with Crippen LogP contribution in [0.1, 0.15) is 112 Å². The summed E-state index contributed by atoms with van der Waals surface area (Å²) in [7, 11) is 4.04. The molecule has 0 bridgehead atoms. The molecule has 0 saturated heterocycles. The lowest BCUT2D eigenvalue weighted by Crippen LogP contribution is -2.51. The van der Waals surface area contributed by atoms with E-state index in [0.717, 1.165) is 60.8 Å². The summed E-state index contributed by atoms with van der Waals surface area (Å²) in [5.74, 6) is 6.04. The minimum Gasteiger partial charge on any atom is -0.446 e. The first-order valence-electron chi connectivity index (χ1n) is 16.3. The number of ether oxygens (including phenoxy) is 1. The summed E-state index contributed by atoms with van der Waals surface area (Å²) in [4.78, 5) is 14.4. The normalized spacial score (nSPS) is 37.2. The van der Waals surface area contributed by atoms with E-state index in [1.54, 1.807) is 5.57 Å². The predicted molar refractivity (Wildman–Crippen MR) is 166 cm³/mol. The van der Waals surface area contributed by atoms with Gasteiger partial charge in [0.2, 0.25) is 0 Å². The van der Waals surface area contributed by atoms with Gasteiger partial charge < -0.3 is 15.0 Å². The molecule has 9 atom stereocenters. The number of nitrogens with one attached hydrogen (secondary N) is 1. The highest BCUT2D eigenvalue weighted by Gasteiger charge is 2.59. The van der Waals surface area contributed by atoms with Gasteiger partial charge in [-0.25, -0.2) is 4.79 Å². The Labute approximate surface area is 247 Å². The molecule has 0 unspecified atom stereocenters. The maximum Gasteiger partial charge on any atom is 0.407 e. The molecule has 0 radical (unpaired) electrons. The standard InChI is InChI=1S/C34H60N2O2.ClH/c1-9-25(23(2)3)11-10-24(4)29-14-15-30-28-13-12-26-22-27(38-32(37)35-20-21-36(7)8)16-18-33(26,5)31(28)17-19-34(29,30)6;/h12,23-25,27-31H,9-11,13-22H2,1-8H3,(H,35,37);1H/t24-,25-,27+,28+,29-,30+,31+,33+,34-;/m1./s1. The van der Waals surface area contributed by atoms with Crippen LogP contribution in [0.25, 0.3) is 0 Å². The molecule has 0 aromatic rings. The van der Waals surface area contributed by atoms with Crippen molar-refractivity contribution in [2.45, 2.75) is 118 Å². The highest BCUT2D eigenvalue weighted by atomic mass is 35.5. The molecule has 0 aromatic heterocycles. The predicted octanol–water partition coefficient (Wildman–Crippen LogP) is 8.74. The van der Waals surface area contributed by atoms with Crippen molar-refractivity contribution in [3.8, 4) is 0 Å². The molecule has 4 aliphatic rings. The number of nitrogens with zero attached hydrogens (tertiary/aromatic N) is 1. The van der Waals surface area contributed by atoms with Crippen LogP contribution >= 0.6 is 12.4 Å². The first-order valence-corrected chi connectivity index (χ1v) is 16.3. The largest absolute Gasteiger partial charge is 0.446 e. The van der Waals surface area contributed by atoms with Crippen LogP contribution in [-0.4, -0.2) is 44.3 Å². The van der Waals surface area contributed by atoms with Gasteiger partial charge in [0, 0.05) is 19.5 Å². The number of likely N-dealkylation sites (N-methyl/N-ethyl adjacent to an activating group) is 1. The maximum atomic E-state index is 12.4. The Morgan fingerprint density at radius 2 is 1.82 bits per heavy atom. The summed E-state index contributed by atoms with van der Waals surface area (Å²) in [5, 5.41) is 2.93. The van der Waals surface area contributed by atoms with Crippen molar-refractivity contribution in [3.05, 3.63) is 11.6 Å². The number of carbonyl (C=O) groups is 1. The van der Waals surface area contributed by atoms with E-state index in [1.165, 1.54) is 57.8 Å². The molecule has 0 aliphatic heterocycles. The first kappa shape index (κ1) is 32.8. The lowest BCUT2D eigenvalue weighted by Gasteiger charge is -2.58. The summed E-state index contributed by atoms with van der Waals surface area (Å²) in [6.07, 6.45) is 16.7. The van der Waals surface area contributed by atoms with Crippen molar-refractivity contribution in [2.75, 3.05) is 27.2 Å². The number of amides is 1. The Morgan fingerprint density at radius 1 is 1.08 bits per heavy atom. The molecule has 3 fully saturated rings. The minimum atomic E-state index is -0.243. The van der Waals surface area contributed by atoms with E-state index in [2.05, 4.69) is 57.8 Å². The lowest BCUT2D eigenvalue weighted by molar-refractivity contribution is -0.0583. The van der Waals surface area contributed by atoms with E-state index in [0.29, 0.717) is 17.4 Å². The third kappa shape index (κ3) is 6.85. The van der Waals surface area contributed by atoms with Crippen molar-refractivity contribution >= 4 is 18.5 Å². The number of allylic oxidation sites excluding steroid dienone is 1. The smallest absolute Gasteiger partial charge is 0.407 e. The molecule has 1 N–H and O–H groups in total. The third-order valence-corrected chi connectivity index (χ3v) is 12.4. The Balaban J connectivity index is 0.00000420. The number of hydrogen-bond acceptors (Lipinski definition) is 3. The van der Waals surface area contributed by atoms with Crippen LogP contribution < -0.4 is 5.32 Å². The van der Waals surface area contributed by atoms with Crippen LogP contribution in [0.2, 0.25) is 0 Å². The minimum absolute atomic E-state index is 0. The van der Waals surface area contributed by atoms with Gasteiger partial charge in [0.25, 0.3) is 0 Å². The highest BCUT2D eigenvalue weighted by Crippen LogP contribution is 2.67. The van der Waals surface area contributed by atoms with Crippen molar-refractivity contribution in [3.63, 3.8) is 0 Å². The van der Waals surface area contributed by atoms with E-state index < -0.39 is 0 Å². The van der Waals surface area contributed by atoms with Crippen molar-refractivity contribution in [1.82, 2.24) is 10.2 Å². The molecule has 0 spiro atoms. The average molecular weight is 565 g/mol. The number of fused-ring (bicyclic) bond motifs is 5. The topological polar surface area (TPSA) is 41.6 Å². The molecule has 3 saturated carbocycles. The van der Waals surface area contributed by atoms with E-state index in [9.17, 15) is 4.79 Å². The molecule has 4 rings (SSSR count). The summed E-state index contributed by atoms with van der Waals surface area (Å²) in [5.41, 5.74) is 2.44. The fourth-order valence-corrected chi connectivity index (χ4v) is 9.97. The van der Waals surface area contributed by atoms with Crippen molar-refractivity contribution < 1.29 is 9.53 Å². The second-order valence-electron chi connectivity index (χ2n) is 15.0. The van der Waals surface area contributed by atoms with Crippen molar-refractivity contribution in [2.24, 2.45) is 52.3 Å². The molecule has 0 aromatic carbocycles. The van der Waals surface area contributed by atoms with Gasteiger partial charge in [-0.15, -0.1) is 12.4 Å². The summed E-state index contributed by atoms with van der Waals surface area (Å²) < 4.78 is 5.88. The Bertz CT molecular complexity index is 843. The molecule has 226 valence electrons. The second kappa shape index (κ2) is 13.5. The van der Waals surface area contributed by atoms with Gasteiger partial charge in [-0.05, 0) is 118 Å². The number of hydrogen-bond donors (Lipinski definition) is 1.